The summed E-state index contributed by atoms with van der Waals surface area (Å²) in [6.45, 7) is 0.630. The lowest BCUT2D eigenvalue weighted by Crippen LogP contribution is -2.10. The van der Waals surface area contributed by atoms with Crippen LogP contribution in [0, 0.1) is 10.1 Å². The predicted molar refractivity (Wildman–Crippen MR) is 55.2 cm³/mol. The van der Waals surface area contributed by atoms with Crippen LogP contribution in [0.2, 0.25) is 0 Å². The molecule has 0 saturated heterocycles. The maximum Gasteiger partial charge on any atom is 0.433 e. The molecule has 4 N–H and O–H groups in total. The van der Waals surface area contributed by atoms with Crippen LogP contribution >= 0.6 is 0 Å². The maximum atomic E-state index is 10.4. The molecule has 0 unspecified atom stereocenters. The van der Waals surface area contributed by atoms with E-state index in [1.807, 2.05) is 0 Å². The smallest absolute Gasteiger partial charge is 0.404 e. The summed E-state index contributed by atoms with van der Waals surface area (Å²) in [5.41, 5.74) is 11.1. The van der Waals surface area contributed by atoms with E-state index < -0.39 is 4.92 Å². The van der Waals surface area contributed by atoms with Crippen molar-refractivity contribution < 1.29 is 9.34 Å². The molecule has 1 aromatic rings. The Morgan fingerprint density at radius 3 is 2.73 bits per heavy atom. The van der Waals surface area contributed by atoms with Crippen molar-refractivity contribution in [1.29, 1.82) is 0 Å². The van der Waals surface area contributed by atoms with Gasteiger partial charge in [-0.15, -0.1) is 0 Å². The Balaban J connectivity index is 2.50. The second-order valence-corrected chi connectivity index (χ2v) is 3.32. The summed E-state index contributed by atoms with van der Waals surface area (Å²) in [6, 6.07) is 2.58. The van der Waals surface area contributed by atoms with Crippen LogP contribution in [0.4, 0.5) is 5.88 Å². The van der Waals surface area contributed by atoms with Gasteiger partial charge in [-0.1, -0.05) is 6.42 Å². The van der Waals surface area contributed by atoms with E-state index >= 15 is 0 Å². The molecule has 0 spiro atoms. The number of hydrogen-bond donors (Lipinski definition) is 2. The zero-order chi connectivity index (χ0) is 11.3. The van der Waals surface area contributed by atoms with Crippen LogP contribution in [-0.2, 0) is 0 Å². The normalized spacial score (nSPS) is 12.7. The van der Waals surface area contributed by atoms with E-state index in [2.05, 4.69) is 0 Å². The highest BCUT2D eigenvalue weighted by Gasteiger charge is 2.16. The first-order valence-electron chi connectivity index (χ1n) is 4.85. The third kappa shape index (κ3) is 3.34. The monoisotopic (exact) mass is 213 g/mol. The molecule has 1 heterocycles. The highest BCUT2D eigenvalue weighted by Crippen LogP contribution is 2.23. The number of nitro groups is 1. The van der Waals surface area contributed by atoms with Gasteiger partial charge in [-0.05, 0) is 25.5 Å². The van der Waals surface area contributed by atoms with Crippen molar-refractivity contribution in [2.45, 2.75) is 25.3 Å². The standard InChI is InChI=1S/C9H15N3O3/c10-6-2-1-3-7(11)8-4-5-9(15-8)12(13)14/h4-5,7H,1-3,6,10-11H2/t7-/m1/s1. The molecule has 1 rings (SSSR count). The summed E-state index contributed by atoms with van der Waals surface area (Å²) < 4.78 is 4.98. The minimum atomic E-state index is -0.573. The molecule has 0 aliphatic rings. The fraction of sp³-hybridized carbons (Fsp3) is 0.556. The SMILES string of the molecule is NCCCC[C@@H](N)c1ccc([N+](=O)[O-])o1. The summed E-state index contributed by atoms with van der Waals surface area (Å²) in [4.78, 5) is 9.78. The molecule has 0 aromatic carbocycles. The van der Waals surface area contributed by atoms with Crippen molar-refractivity contribution >= 4 is 5.88 Å². The van der Waals surface area contributed by atoms with Gasteiger partial charge in [0.15, 0.2) is 0 Å². The lowest BCUT2D eigenvalue weighted by atomic mass is 10.1. The largest absolute Gasteiger partial charge is 0.433 e. The van der Waals surface area contributed by atoms with Crippen molar-refractivity contribution in [2.75, 3.05) is 6.54 Å². The number of rotatable bonds is 6. The Hall–Kier alpha value is -1.40. The number of furan rings is 1. The molecule has 0 aliphatic carbocycles. The van der Waals surface area contributed by atoms with Gasteiger partial charge in [0.25, 0.3) is 0 Å². The second kappa shape index (κ2) is 5.47. The Labute approximate surface area is 87.4 Å². The first kappa shape index (κ1) is 11.7. The average Bonchev–Trinajstić information content (AvgIpc) is 2.66. The number of nitrogens with two attached hydrogens (primary N) is 2. The van der Waals surface area contributed by atoms with Crippen molar-refractivity contribution in [1.82, 2.24) is 0 Å². The third-order valence-corrected chi connectivity index (χ3v) is 2.13. The maximum absolute atomic E-state index is 10.4. The Morgan fingerprint density at radius 1 is 1.47 bits per heavy atom. The molecule has 0 bridgehead atoms. The van der Waals surface area contributed by atoms with Gasteiger partial charge in [0.2, 0.25) is 0 Å². The number of nitrogens with zero attached hydrogens (tertiary/aromatic N) is 1. The van der Waals surface area contributed by atoms with Crippen molar-refractivity contribution in [3.8, 4) is 0 Å². The molecule has 1 aromatic heterocycles. The van der Waals surface area contributed by atoms with Crippen LogP contribution < -0.4 is 11.5 Å². The van der Waals surface area contributed by atoms with Crippen molar-refractivity contribution in [3.63, 3.8) is 0 Å². The van der Waals surface area contributed by atoms with Gasteiger partial charge in [-0.25, -0.2) is 0 Å². The van der Waals surface area contributed by atoms with E-state index in [4.69, 9.17) is 15.9 Å². The molecule has 0 aliphatic heterocycles. The highest BCUT2D eigenvalue weighted by molar-refractivity contribution is 5.19. The quantitative estimate of drug-likeness (QED) is 0.420. The van der Waals surface area contributed by atoms with Gasteiger partial charge < -0.3 is 15.9 Å². The molecule has 6 nitrogen and oxygen atoms in total. The van der Waals surface area contributed by atoms with Gasteiger partial charge in [0.1, 0.15) is 10.7 Å². The summed E-state index contributed by atoms with van der Waals surface area (Å²) >= 11 is 0. The van der Waals surface area contributed by atoms with Gasteiger partial charge in [0.05, 0.1) is 12.1 Å². The van der Waals surface area contributed by atoms with Gasteiger partial charge in [0, 0.05) is 0 Å². The van der Waals surface area contributed by atoms with E-state index in [0.717, 1.165) is 19.3 Å². The molecular weight excluding hydrogens is 198 g/mol. The van der Waals surface area contributed by atoms with E-state index in [9.17, 15) is 10.1 Å². The van der Waals surface area contributed by atoms with Crippen LogP contribution in [0.5, 0.6) is 0 Å². The van der Waals surface area contributed by atoms with Crippen LogP contribution in [0.3, 0.4) is 0 Å². The minimum Gasteiger partial charge on any atom is -0.404 e. The van der Waals surface area contributed by atoms with E-state index in [1.54, 1.807) is 6.07 Å². The average molecular weight is 213 g/mol. The second-order valence-electron chi connectivity index (χ2n) is 3.32. The minimum absolute atomic E-state index is 0.265. The number of hydrogen-bond acceptors (Lipinski definition) is 5. The molecule has 0 amide bonds. The van der Waals surface area contributed by atoms with E-state index in [1.165, 1.54) is 6.07 Å². The van der Waals surface area contributed by atoms with Gasteiger partial charge >= 0.3 is 5.88 Å². The Bertz CT molecular complexity index is 324. The molecule has 1 atom stereocenters. The molecule has 0 saturated carbocycles. The molecule has 15 heavy (non-hydrogen) atoms. The first-order valence-corrected chi connectivity index (χ1v) is 4.85. The zero-order valence-electron chi connectivity index (χ0n) is 8.39. The first-order chi connectivity index (χ1) is 7.15. The van der Waals surface area contributed by atoms with Crippen LogP contribution in [-0.4, -0.2) is 11.5 Å². The van der Waals surface area contributed by atoms with Crippen LogP contribution in [0.25, 0.3) is 0 Å². The fourth-order valence-corrected chi connectivity index (χ4v) is 1.29. The number of unbranched alkanes of at least 4 members (excludes halogenated alkanes) is 1. The zero-order valence-corrected chi connectivity index (χ0v) is 8.39. The lowest BCUT2D eigenvalue weighted by Gasteiger charge is -2.06. The van der Waals surface area contributed by atoms with Gasteiger partial charge in [-0.2, -0.15) is 0 Å². The molecule has 0 radical (unpaired) electrons. The molecular formula is C9H15N3O3. The van der Waals surface area contributed by atoms with Crippen molar-refractivity contribution in [3.05, 3.63) is 28.0 Å². The molecule has 6 heteroatoms. The summed E-state index contributed by atoms with van der Waals surface area (Å²) in [7, 11) is 0. The van der Waals surface area contributed by atoms with E-state index in [-0.39, 0.29) is 11.9 Å². The summed E-state index contributed by atoms with van der Waals surface area (Å²) in [5.74, 6) is 0.193. The Kier molecular flexibility index (Phi) is 4.26. The fourth-order valence-electron chi connectivity index (χ4n) is 1.29. The van der Waals surface area contributed by atoms with Crippen molar-refractivity contribution in [2.24, 2.45) is 11.5 Å². The lowest BCUT2D eigenvalue weighted by molar-refractivity contribution is -0.402. The third-order valence-electron chi connectivity index (χ3n) is 2.13. The summed E-state index contributed by atoms with van der Waals surface area (Å²) in [5, 5.41) is 10.4. The van der Waals surface area contributed by atoms with Gasteiger partial charge in [-0.3, -0.25) is 10.1 Å². The predicted octanol–water partition coefficient (Wildman–Crippen LogP) is 1.32. The van der Waals surface area contributed by atoms with Crippen LogP contribution in [0.15, 0.2) is 16.5 Å². The van der Waals surface area contributed by atoms with Crippen LogP contribution in [0.1, 0.15) is 31.1 Å². The Morgan fingerprint density at radius 2 is 2.20 bits per heavy atom. The topological polar surface area (TPSA) is 108 Å². The van der Waals surface area contributed by atoms with E-state index in [0.29, 0.717) is 12.3 Å². The highest BCUT2D eigenvalue weighted by atomic mass is 16.6. The molecule has 0 fully saturated rings. The summed E-state index contributed by atoms with van der Waals surface area (Å²) in [6.07, 6.45) is 2.52. The molecule has 84 valence electrons.